The van der Waals surface area contributed by atoms with E-state index in [-0.39, 0.29) is 11.9 Å². The molecule has 24 heavy (non-hydrogen) atoms. The van der Waals surface area contributed by atoms with E-state index in [1.165, 1.54) is 5.56 Å². The van der Waals surface area contributed by atoms with Crippen LogP contribution in [0.1, 0.15) is 49.3 Å². The van der Waals surface area contributed by atoms with Gasteiger partial charge in [-0.25, -0.2) is 4.98 Å². The molecule has 1 atom stereocenters. The van der Waals surface area contributed by atoms with Gasteiger partial charge in [-0.2, -0.15) is 0 Å². The van der Waals surface area contributed by atoms with Gasteiger partial charge in [0.15, 0.2) is 0 Å². The highest BCUT2D eigenvalue weighted by Crippen LogP contribution is 2.19. The lowest BCUT2D eigenvalue weighted by atomic mass is 9.97. The zero-order valence-corrected chi connectivity index (χ0v) is 15.4. The Hall–Kier alpha value is -2.10. The topological polar surface area (TPSA) is 44.1 Å². The highest BCUT2D eigenvalue weighted by molar-refractivity contribution is 5.77. The molecule has 0 bridgehead atoms. The number of carbonyl (C=O) groups excluding carboxylic acids is 1. The number of hydrogen-bond donors (Lipinski definition) is 0. The number of esters is 1. The van der Waals surface area contributed by atoms with E-state index in [1.807, 2.05) is 39.1 Å². The summed E-state index contributed by atoms with van der Waals surface area (Å²) >= 11 is 0. The normalized spacial score (nSPS) is 12.4. The fourth-order valence-electron chi connectivity index (χ4n) is 2.83. The van der Waals surface area contributed by atoms with E-state index in [4.69, 9.17) is 4.74 Å². The van der Waals surface area contributed by atoms with Crippen LogP contribution >= 0.6 is 0 Å². The molecule has 0 saturated carbocycles. The van der Waals surface area contributed by atoms with Crippen molar-refractivity contribution in [2.24, 2.45) is 5.92 Å². The summed E-state index contributed by atoms with van der Waals surface area (Å²) in [5.74, 6) is 1.15. The zero-order chi connectivity index (χ0) is 17.7. The minimum Gasteiger partial charge on any atom is -0.463 e. The largest absolute Gasteiger partial charge is 0.463 e. The van der Waals surface area contributed by atoms with Crippen molar-refractivity contribution in [3.8, 4) is 0 Å². The molecule has 0 radical (unpaired) electrons. The fourth-order valence-corrected chi connectivity index (χ4v) is 2.83. The standard InChI is InChI=1S/C20H28N2O2/c1-14(2)12-18-6-8-19(9-7-18)16(4)20(23)24-11-10-22-15(3)13-21-17(22)5/h6-9,13-14,16H,10-12H2,1-5H3. The van der Waals surface area contributed by atoms with Crippen LogP contribution in [0.25, 0.3) is 0 Å². The average molecular weight is 328 g/mol. The van der Waals surface area contributed by atoms with Gasteiger partial charge in [0.1, 0.15) is 12.4 Å². The van der Waals surface area contributed by atoms with Crippen molar-refractivity contribution in [2.45, 2.75) is 53.5 Å². The van der Waals surface area contributed by atoms with Crippen LogP contribution in [-0.4, -0.2) is 22.1 Å². The van der Waals surface area contributed by atoms with E-state index < -0.39 is 0 Å². The van der Waals surface area contributed by atoms with Crippen molar-refractivity contribution in [1.29, 1.82) is 0 Å². The SMILES string of the molecule is Cc1cnc(C)n1CCOC(=O)C(C)c1ccc(CC(C)C)cc1. The molecule has 1 heterocycles. The lowest BCUT2D eigenvalue weighted by Crippen LogP contribution is -2.17. The van der Waals surface area contributed by atoms with E-state index >= 15 is 0 Å². The Balaban J connectivity index is 1.87. The van der Waals surface area contributed by atoms with E-state index in [0.29, 0.717) is 19.1 Å². The molecule has 0 aliphatic carbocycles. The maximum Gasteiger partial charge on any atom is 0.313 e. The van der Waals surface area contributed by atoms with Crippen molar-refractivity contribution >= 4 is 5.97 Å². The summed E-state index contributed by atoms with van der Waals surface area (Å²) < 4.78 is 7.50. The zero-order valence-electron chi connectivity index (χ0n) is 15.4. The molecular formula is C20H28N2O2. The minimum atomic E-state index is -0.247. The molecule has 0 saturated heterocycles. The molecule has 1 unspecified atom stereocenters. The lowest BCUT2D eigenvalue weighted by molar-refractivity contribution is -0.145. The highest BCUT2D eigenvalue weighted by Gasteiger charge is 2.17. The van der Waals surface area contributed by atoms with Gasteiger partial charge in [0.05, 0.1) is 12.5 Å². The monoisotopic (exact) mass is 328 g/mol. The van der Waals surface area contributed by atoms with Crippen LogP contribution in [0, 0.1) is 19.8 Å². The van der Waals surface area contributed by atoms with Crippen molar-refractivity contribution in [1.82, 2.24) is 9.55 Å². The summed E-state index contributed by atoms with van der Waals surface area (Å²) in [7, 11) is 0. The van der Waals surface area contributed by atoms with Crippen LogP contribution in [0.3, 0.4) is 0 Å². The molecule has 0 aliphatic rings. The third-order valence-electron chi connectivity index (χ3n) is 4.29. The van der Waals surface area contributed by atoms with Crippen LogP contribution in [0.15, 0.2) is 30.5 Å². The van der Waals surface area contributed by atoms with Gasteiger partial charge >= 0.3 is 5.97 Å². The number of benzene rings is 1. The van der Waals surface area contributed by atoms with E-state index in [1.54, 1.807) is 0 Å². The summed E-state index contributed by atoms with van der Waals surface area (Å²) in [5, 5.41) is 0. The van der Waals surface area contributed by atoms with E-state index in [9.17, 15) is 4.79 Å². The minimum absolute atomic E-state index is 0.179. The number of rotatable bonds is 7. The maximum atomic E-state index is 12.3. The molecule has 1 aromatic heterocycles. The van der Waals surface area contributed by atoms with Gasteiger partial charge in [-0.05, 0) is 44.2 Å². The Morgan fingerprint density at radius 2 is 1.83 bits per heavy atom. The van der Waals surface area contributed by atoms with Gasteiger partial charge in [-0.3, -0.25) is 4.79 Å². The van der Waals surface area contributed by atoms with Crippen molar-refractivity contribution in [3.05, 3.63) is 53.1 Å². The van der Waals surface area contributed by atoms with Crippen molar-refractivity contribution in [2.75, 3.05) is 6.61 Å². The molecule has 4 heteroatoms. The fraction of sp³-hybridized carbons (Fsp3) is 0.500. The van der Waals surface area contributed by atoms with E-state index in [2.05, 4.69) is 35.5 Å². The highest BCUT2D eigenvalue weighted by atomic mass is 16.5. The van der Waals surface area contributed by atoms with E-state index in [0.717, 1.165) is 23.5 Å². The smallest absolute Gasteiger partial charge is 0.313 e. The average Bonchev–Trinajstić information content (AvgIpc) is 2.86. The second kappa shape index (κ2) is 8.13. The second-order valence-electron chi connectivity index (χ2n) is 6.83. The molecule has 4 nitrogen and oxygen atoms in total. The Kier molecular flexibility index (Phi) is 6.18. The molecule has 1 aromatic carbocycles. The molecule has 130 valence electrons. The number of ether oxygens (including phenoxy) is 1. The molecule has 0 N–H and O–H groups in total. The molecule has 0 spiro atoms. The van der Waals surface area contributed by atoms with Gasteiger partial charge in [-0.15, -0.1) is 0 Å². The Bertz CT molecular complexity index is 652. The summed E-state index contributed by atoms with van der Waals surface area (Å²) in [6.45, 7) is 11.3. The summed E-state index contributed by atoms with van der Waals surface area (Å²) in [4.78, 5) is 16.5. The van der Waals surface area contributed by atoms with Crippen LogP contribution in [-0.2, 0) is 22.5 Å². The lowest BCUT2D eigenvalue weighted by Gasteiger charge is -2.14. The number of imidazole rings is 1. The molecule has 2 rings (SSSR count). The number of carbonyl (C=O) groups is 1. The number of aromatic nitrogens is 2. The summed E-state index contributed by atoms with van der Waals surface area (Å²) in [6.07, 6.45) is 2.89. The third-order valence-corrected chi connectivity index (χ3v) is 4.29. The summed E-state index contributed by atoms with van der Waals surface area (Å²) in [6, 6.07) is 8.29. The maximum absolute atomic E-state index is 12.3. The number of aryl methyl sites for hydroxylation is 2. The number of nitrogens with zero attached hydrogens (tertiary/aromatic N) is 2. The van der Waals surface area contributed by atoms with Gasteiger partial charge in [0, 0.05) is 11.9 Å². The van der Waals surface area contributed by atoms with Crippen molar-refractivity contribution < 1.29 is 9.53 Å². The second-order valence-corrected chi connectivity index (χ2v) is 6.83. The molecule has 0 amide bonds. The summed E-state index contributed by atoms with van der Waals surface area (Å²) in [5.41, 5.74) is 3.39. The molecular weight excluding hydrogens is 300 g/mol. The third kappa shape index (κ3) is 4.70. The first kappa shape index (κ1) is 18.2. The van der Waals surface area contributed by atoms with Crippen molar-refractivity contribution in [3.63, 3.8) is 0 Å². The number of hydrogen-bond acceptors (Lipinski definition) is 3. The molecule has 0 fully saturated rings. The Morgan fingerprint density at radius 3 is 2.38 bits per heavy atom. The predicted molar refractivity (Wildman–Crippen MR) is 96.1 cm³/mol. The predicted octanol–water partition coefficient (Wildman–Crippen LogP) is 4.05. The first-order valence-corrected chi connectivity index (χ1v) is 8.62. The van der Waals surface area contributed by atoms with Gasteiger partial charge in [0.2, 0.25) is 0 Å². The van der Waals surface area contributed by atoms with Crippen LogP contribution in [0.2, 0.25) is 0 Å². The van der Waals surface area contributed by atoms with Gasteiger partial charge in [0.25, 0.3) is 0 Å². The first-order valence-electron chi connectivity index (χ1n) is 8.62. The van der Waals surface area contributed by atoms with Gasteiger partial charge < -0.3 is 9.30 Å². The van der Waals surface area contributed by atoms with Crippen LogP contribution < -0.4 is 0 Å². The van der Waals surface area contributed by atoms with Crippen LogP contribution in [0.5, 0.6) is 0 Å². The van der Waals surface area contributed by atoms with Gasteiger partial charge in [-0.1, -0.05) is 38.1 Å². The first-order chi connectivity index (χ1) is 11.4. The molecule has 2 aromatic rings. The Labute approximate surface area is 144 Å². The quantitative estimate of drug-likeness (QED) is 0.720. The molecule has 0 aliphatic heterocycles. The Morgan fingerprint density at radius 1 is 1.17 bits per heavy atom. The van der Waals surface area contributed by atoms with Crippen LogP contribution in [0.4, 0.5) is 0 Å².